The summed E-state index contributed by atoms with van der Waals surface area (Å²) in [4.78, 5) is 21.0. The van der Waals surface area contributed by atoms with Gasteiger partial charge in [-0.3, -0.25) is 4.79 Å². The lowest BCUT2D eigenvalue weighted by molar-refractivity contribution is -0.117. The number of pyridine rings is 2. The number of nitrogens with two attached hydrogens (primary N) is 1. The van der Waals surface area contributed by atoms with Crippen molar-refractivity contribution in [3.05, 3.63) is 48.2 Å². The van der Waals surface area contributed by atoms with Gasteiger partial charge in [0.25, 0.3) is 0 Å². The number of anilines is 2. The molecule has 1 saturated carbocycles. The molecule has 0 aliphatic heterocycles. The van der Waals surface area contributed by atoms with E-state index in [1.807, 2.05) is 43.3 Å². The summed E-state index contributed by atoms with van der Waals surface area (Å²) in [6.45, 7) is 2.08. The van der Waals surface area contributed by atoms with Crippen LogP contribution in [0.15, 0.2) is 42.6 Å². The van der Waals surface area contributed by atoms with Crippen molar-refractivity contribution >= 4 is 28.3 Å². The Morgan fingerprint density at radius 3 is 2.88 bits per heavy atom. The molecular formula is C20H20N4O2. The summed E-state index contributed by atoms with van der Waals surface area (Å²) in [5.74, 6) is 0.739. The number of nitrogen functional groups attached to an aromatic ring is 1. The van der Waals surface area contributed by atoms with Crippen LogP contribution in [0.4, 0.5) is 11.6 Å². The molecule has 132 valence electrons. The van der Waals surface area contributed by atoms with Crippen LogP contribution in [0.5, 0.6) is 0 Å². The topological polar surface area (TPSA) is 101 Å². The maximum Gasteiger partial charge on any atom is 0.229 e. The Kier molecular flexibility index (Phi) is 4.05. The second kappa shape index (κ2) is 6.38. The van der Waals surface area contributed by atoms with Crippen LogP contribution < -0.4 is 11.1 Å². The number of aromatic nitrogens is 2. The third-order valence-electron chi connectivity index (χ3n) is 4.91. The van der Waals surface area contributed by atoms with E-state index >= 15 is 0 Å². The van der Waals surface area contributed by atoms with Gasteiger partial charge in [0.15, 0.2) is 0 Å². The Balaban J connectivity index is 1.68. The van der Waals surface area contributed by atoms with Gasteiger partial charge in [0.1, 0.15) is 11.6 Å². The first-order chi connectivity index (χ1) is 12.6. The highest BCUT2D eigenvalue weighted by Crippen LogP contribution is 2.38. The van der Waals surface area contributed by atoms with Crippen molar-refractivity contribution in [3.63, 3.8) is 0 Å². The molecule has 1 aliphatic carbocycles. The zero-order chi connectivity index (χ0) is 18.3. The molecule has 0 spiro atoms. The fourth-order valence-corrected chi connectivity index (χ4v) is 3.23. The quantitative estimate of drug-likeness (QED) is 0.673. The maximum atomic E-state index is 12.2. The van der Waals surface area contributed by atoms with Crippen LogP contribution in [-0.2, 0) is 4.79 Å². The molecule has 1 amide bonds. The van der Waals surface area contributed by atoms with Gasteiger partial charge in [-0.1, -0.05) is 24.3 Å². The van der Waals surface area contributed by atoms with Crippen LogP contribution >= 0.6 is 0 Å². The first-order valence-corrected chi connectivity index (χ1v) is 8.61. The normalized spacial score (nSPS) is 18.7. The van der Waals surface area contributed by atoms with Gasteiger partial charge in [-0.15, -0.1) is 0 Å². The van der Waals surface area contributed by atoms with Gasteiger partial charge in [-0.25, -0.2) is 9.97 Å². The highest BCUT2D eigenvalue weighted by molar-refractivity contribution is 5.98. The minimum Gasteiger partial charge on any atom is -0.396 e. The summed E-state index contributed by atoms with van der Waals surface area (Å²) in [5, 5.41) is 13.6. The molecule has 1 fully saturated rings. The number of nitrogens with zero attached hydrogens (tertiary/aromatic N) is 2. The van der Waals surface area contributed by atoms with E-state index in [-0.39, 0.29) is 24.3 Å². The molecule has 2 atom stereocenters. The molecule has 0 unspecified atom stereocenters. The molecule has 1 aliphatic rings. The predicted octanol–water partition coefficient (Wildman–Crippen LogP) is 2.75. The molecule has 6 nitrogen and oxygen atoms in total. The number of carbonyl (C=O) groups excluding carboxylic acids is 1. The smallest absolute Gasteiger partial charge is 0.229 e. The number of amides is 1. The molecule has 26 heavy (non-hydrogen) atoms. The third kappa shape index (κ3) is 2.99. The van der Waals surface area contributed by atoms with Gasteiger partial charge in [0.2, 0.25) is 5.91 Å². The first-order valence-electron chi connectivity index (χ1n) is 8.61. The van der Waals surface area contributed by atoms with E-state index in [1.165, 1.54) is 0 Å². The molecule has 6 heteroatoms. The lowest BCUT2D eigenvalue weighted by atomic mass is 10.0. The van der Waals surface area contributed by atoms with Crippen LogP contribution in [0, 0.1) is 18.8 Å². The lowest BCUT2D eigenvalue weighted by Gasteiger charge is -2.10. The second-order valence-corrected chi connectivity index (χ2v) is 6.77. The van der Waals surface area contributed by atoms with Crippen molar-refractivity contribution in [3.8, 4) is 11.3 Å². The summed E-state index contributed by atoms with van der Waals surface area (Å²) in [6.07, 6.45) is 2.36. The fourth-order valence-electron chi connectivity index (χ4n) is 3.23. The van der Waals surface area contributed by atoms with E-state index in [0.717, 1.165) is 34.0 Å². The molecule has 0 bridgehead atoms. The number of aliphatic hydroxyl groups excluding tert-OH is 1. The first kappa shape index (κ1) is 16.5. The highest BCUT2D eigenvalue weighted by Gasteiger charge is 2.42. The van der Waals surface area contributed by atoms with E-state index in [1.54, 1.807) is 6.20 Å². The molecular weight excluding hydrogens is 328 g/mol. The minimum atomic E-state index is -0.123. The molecule has 2 aromatic heterocycles. The summed E-state index contributed by atoms with van der Waals surface area (Å²) in [7, 11) is 0. The summed E-state index contributed by atoms with van der Waals surface area (Å²) in [5.41, 5.74) is 9.05. The molecule has 0 radical (unpaired) electrons. The Bertz CT molecular complexity index is 1000. The number of hydrogen-bond donors (Lipinski definition) is 3. The van der Waals surface area contributed by atoms with Crippen molar-refractivity contribution < 1.29 is 9.90 Å². The fraction of sp³-hybridized carbons (Fsp3) is 0.250. The van der Waals surface area contributed by atoms with Crippen molar-refractivity contribution in [1.82, 2.24) is 9.97 Å². The number of fused-ring (bicyclic) bond motifs is 1. The average molecular weight is 348 g/mol. The predicted molar refractivity (Wildman–Crippen MR) is 101 cm³/mol. The number of rotatable bonds is 4. The summed E-state index contributed by atoms with van der Waals surface area (Å²) in [6, 6.07) is 11.8. The molecule has 2 heterocycles. The second-order valence-electron chi connectivity index (χ2n) is 6.77. The van der Waals surface area contributed by atoms with E-state index in [0.29, 0.717) is 11.6 Å². The van der Waals surface area contributed by atoms with Crippen LogP contribution in [0.25, 0.3) is 22.0 Å². The Labute approximate surface area is 151 Å². The molecule has 3 aromatic rings. The Morgan fingerprint density at radius 2 is 2.15 bits per heavy atom. The van der Waals surface area contributed by atoms with Crippen molar-refractivity contribution in [1.29, 1.82) is 0 Å². The van der Waals surface area contributed by atoms with Gasteiger partial charge in [-0.2, -0.15) is 0 Å². The Hall–Kier alpha value is -2.99. The molecule has 0 saturated heterocycles. The van der Waals surface area contributed by atoms with Gasteiger partial charge in [-0.05, 0) is 42.3 Å². The zero-order valence-corrected chi connectivity index (χ0v) is 14.4. The number of nitrogens with one attached hydrogen (secondary N) is 1. The van der Waals surface area contributed by atoms with Crippen LogP contribution in [-0.4, -0.2) is 27.6 Å². The monoisotopic (exact) mass is 348 g/mol. The minimum absolute atomic E-state index is 0.0469. The molecule has 1 aromatic carbocycles. The summed E-state index contributed by atoms with van der Waals surface area (Å²) < 4.78 is 0. The van der Waals surface area contributed by atoms with Crippen LogP contribution in [0.3, 0.4) is 0 Å². The third-order valence-corrected chi connectivity index (χ3v) is 4.91. The van der Waals surface area contributed by atoms with Crippen LogP contribution in [0.1, 0.15) is 12.0 Å². The lowest BCUT2D eigenvalue weighted by Crippen LogP contribution is -2.16. The number of benzene rings is 1. The van der Waals surface area contributed by atoms with Gasteiger partial charge in [0, 0.05) is 29.7 Å². The number of carbonyl (C=O) groups is 1. The number of aryl methyl sites for hydroxylation is 1. The van der Waals surface area contributed by atoms with E-state index in [2.05, 4.69) is 15.3 Å². The van der Waals surface area contributed by atoms with Gasteiger partial charge in [0.05, 0.1) is 5.69 Å². The SMILES string of the molecule is Cc1ccccc1-c1cc2cc(NC(=O)[C@H]3C[C@@H]3CO)ncc2c(N)n1. The van der Waals surface area contributed by atoms with Crippen molar-refractivity contribution in [2.24, 2.45) is 11.8 Å². The van der Waals surface area contributed by atoms with E-state index < -0.39 is 0 Å². The number of hydrogen-bond acceptors (Lipinski definition) is 5. The highest BCUT2D eigenvalue weighted by atomic mass is 16.3. The largest absolute Gasteiger partial charge is 0.396 e. The standard InChI is InChI=1S/C20H20N4O2/c1-11-4-2-3-5-14(11)17-7-12-8-18(22-9-16(12)19(21)23-17)24-20(26)15-6-13(15)10-25/h2-5,7-9,13,15,25H,6,10H2,1H3,(H2,21,23)(H,22,24,26)/t13-,15+/m1/s1. The van der Waals surface area contributed by atoms with Crippen LogP contribution in [0.2, 0.25) is 0 Å². The van der Waals surface area contributed by atoms with E-state index in [4.69, 9.17) is 10.8 Å². The zero-order valence-electron chi connectivity index (χ0n) is 14.4. The van der Waals surface area contributed by atoms with E-state index in [9.17, 15) is 4.79 Å². The van der Waals surface area contributed by atoms with Crippen molar-refractivity contribution in [2.75, 3.05) is 17.7 Å². The summed E-state index contributed by atoms with van der Waals surface area (Å²) >= 11 is 0. The molecule has 4 rings (SSSR count). The molecule has 4 N–H and O–H groups in total. The number of aliphatic hydroxyl groups is 1. The Morgan fingerprint density at radius 1 is 1.35 bits per heavy atom. The van der Waals surface area contributed by atoms with Crippen molar-refractivity contribution in [2.45, 2.75) is 13.3 Å². The van der Waals surface area contributed by atoms with Gasteiger partial charge < -0.3 is 16.2 Å². The maximum absolute atomic E-state index is 12.2. The average Bonchev–Trinajstić information content (AvgIpc) is 3.42. The van der Waals surface area contributed by atoms with Gasteiger partial charge >= 0.3 is 0 Å².